The summed E-state index contributed by atoms with van der Waals surface area (Å²) in [7, 11) is 3.18. The lowest BCUT2D eigenvalue weighted by molar-refractivity contribution is -0.133. The minimum atomic E-state index is -1.10. The molecule has 3 atom stereocenters. The molecule has 2 aliphatic rings. The zero-order chi connectivity index (χ0) is 28.4. The summed E-state index contributed by atoms with van der Waals surface area (Å²) >= 11 is 0. The molecule has 1 saturated heterocycles. The Balaban J connectivity index is 1.40. The highest BCUT2D eigenvalue weighted by molar-refractivity contribution is 6.03. The number of piperidine rings is 1. The van der Waals surface area contributed by atoms with Gasteiger partial charge in [0.1, 0.15) is 11.2 Å². The van der Waals surface area contributed by atoms with Crippen molar-refractivity contribution in [3.63, 3.8) is 0 Å². The van der Waals surface area contributed by atoms with Crippen LogP contribution in [0.1, 0.15) is 49.7 Å². The average molecular weight is 547 g/mol. The van der Waals surface area contributed by atoms with Crippen molar-refractivity contribution in [1.82, 2.24) is 19.7 Å². The van der Waals surface area contributed by atoms with Crippen molar-refractivity contribution in [2.45, 2.75) is 52.2 Å². The lowest BCUT2D eigenvalue weighted by Gasteiger charge is -2.44. The zero-order valence-electron chi connectivity index (χ0n) is 24.4. The number of fused-ring (bicyclic) bond motifs is 3. The van der Waals surface area contributed by atoms with Crippen LogP contribution < -0.4 is 14.8 Å². The molecule has 0 radical (unpaired) electrons. The van der Waals surface area contributed by atoms with E-state index in [0.717, 1.165) is 42.5 Å². The number of nitrogens with one attached hydrogen (secondary N) is 1. The van der Waals surface area contributed by atoms with Crippen LogP contribution in [0.15, 0.2) is 48.5 Å². The molecule has 0 spiro atoms. The van der Waals surface area contributed by atoms with Crippen LogP contribution in [-0.2, 0) is 17.9 Å². The van der Waals surface area contributed by atoms with Crippen LogP contribution in [0.2, 0.25) is 0 Å². The lowest BCUT2D eigenvalue weighted by atomic mass is 9.92. The maximum atomic E-state index is 14.1. The molecule has 8 nitrogen and oxygen atoms in total. The van der Waals surface area contributed by atoms with Crippen molar-refractivity contribution in [1.29, 1.82) is 0 Å². The predicted molar refractivity (Wildman–Crippen MR) is 157 cm³/mol. The molecule has 1 aromatic heterocycles. The summed E-state index contributed by atoms with van der Waals surface area (Å²) in [6, 6.07) is 15.5. The molecule has 8 heteroatoms. The zero-order valence-corrected chi connectivity index (χ0v) is 24.4. The number of amides is 2. The third kappa shape index (κ3) is 5.29. The number of benzene rings is 2. The van der Waals surface area contributed by atoms with Gasteiger partial charge in [0, 0.05) is 36.1 Å². The first kappa shape index (κ1) is 28.0. The Morgan fingerprint density at radius 3 is 2.52 bits per heavy atom. The van der Waals surface area contributed by atoms with Crippen molar-refractivity contribution < 1.29 is 19.1 Å². The van der Waals surface area contributed by atoms with Crippen LogP contribution in [0.4, 0.5) is 0 Å². The van der Waals surface area contributed by atoms with Crippen molar-refractivity contribution >= 4 is 22.7 Å². The van der Waals surface area contributed by atoms with Gasteiger partial charge in [-0.25, -0.2) is 0 Å². The number of hydrogen-bond acceptors (Lipinski definition) is 5. The van der Waals surface area contributed by atoms with Gasteiger partial charge in [-0.1, -0.05) is 44.2 Å². The first-order valence-corrected chi connectivity index (χ1v) is 14.4. The standard InChI is InChI=1S/C32H42N4O4/c1-22-16-23(2)19-34(18-22)15-9-14-33-31(38)32(3)21-35-26-12-7-6-10-24(26)17-27(35)30(37)36(32)20-25-11-8-13-28(39-4)29(25)40-5/h6-8,10-13,17,22-23H,9,14-16,18-21H2,1-5H3,(H,33,38)/t22-,23+,32-/m0/s1. The van der Waals surface area contributed by atoms with E-state index in [4.69, 9.17) is 9.47 Å². The van der Waals surface area contributed by atoms with Crippen LogP contribution in [-0.4, -0.2) is 72.1 Å². The van der Waals surface area contributed by atoms with E-state index < -0.39 is 5.54 Å². The van der Waals surface area contributed by atoms with Crippen molar-refractivity contribution in [2.24, 2.45) is 11.8 Å². The molecule has 2 aromatic carbocycles. The quantitative estimate of drug-likeness (QED) is 0.399. The van der Waals surface area contributed by atoms with Crippen LogP contribution in [0.3, 0.4) is 0 Å². The number of ether oxygens (including phenoxy) is 2. The molecule has 40 heavy (non-hydrogen) atoms. The summed E-state index contributed by atoms with van der Waals surface area (Å²) in [5, 5.41) is 4.17. The highest BCUT2D eigenvalue weighted by Gasteiger charge is 2.48. The van der Waals surface area contributed by atoms with Crippen molar-refractivity contribution in [2.75, 3.05) is 40.4 Å². The summed E-state index contributed by atoms with van der Waals surface area (Å²) in [4.78, 5) is 32.3. The third-order valence-electron chi connectivity index (χ3n) is 8.52. The number of likely N-dealkylation sites (tertiary alicyclic amines) is 1. The van der Waals surface area contributed by atoms with Gasteiger partial charge in [-0.15, -0.1) is 0 Å². The number of hydrogen-bond donors (Lipinski definition) is 1. The number of carbonyl (C=O) groups excluding carboxylic acids is 2. The molecule has 0 unspecified atom stereocenters. The number of methoxy groups -OCH3 is 2. The second-order valence-electron chi connectivity index (χ2n) is 11.8. The summed E-state index contributed by atoms with van der Waals surface area (Å²) in [5.41, 5.74) is 1.22. The third-order valence-corrected chi connectivity index (χ3v) is 8.52. The molecule has 2 aliphatic heterocycles. The Morgan fingerprint density at radius 2 is 1.80 bits per heavy atom. The summed E-state index contributed by atoms with van der Waals surface area (Å²) < 4.78 is 13.2. The van der Waals surface area contributed by atoms with E-state index >= 15 is 0 Å². The second kappa shape index (κ2) is 11.5. The van der Waals surface area contributed by atoms with Crippen molar-refractivity contribution in [3.8, 4) is 11.5 Å². The largest absolute Gasteiger partial charge is 0.493 e. The van der Waals surface area contributed by atoms with E-state index in [9.17, 15) is 9.59 Å². The maximum Gasteiger partial charge on any atom is 0.271 e. The van der Waals surface area contributed by atoms with Gasteiger partial charge in [0.2, 0.25) is 5.91 Å². The summed E-state index contributed by atoms with van der Waals surface area (Å²) in [6.45, 7) is 10.8. The fourth-order valence-electron chi connectivity index (χ4n) is 6.67. The topological polar surface area (TPSA) is 76.0 Å². The molecule has 3 heterocycles. The molecule has 0 aliphatic carbocycles. The average Bonchev–Trinajstić information content (AvgIpc) is 3.30. The molecule has 5 rings (SSSR count). The first-order chi connectivity index (χ1) is 19.2. The Labute approximate surface area is 237 Å². The number of aromatic nitrogens is 1. The maximum absolute atomic E-state index is 14.1. The van der Waals surface area contributed by atoms with Crippen molar-refractivity contribution in [3.05, 3.63) is 59.8 Å². The fourth-order valence-corrected chi connectivity index (χ4v) is 6.67. The Morgan fingerprint density at radius 1 is 1.05 bits per heavy atom. The number of nitrogens with zero attached hydrogens (tertiary/aromatic N) is 3. The minimum Gasteiger partial charge on any atom is -0.493 e. The van der Waals surface area contributed by atoms with E-state index in [-0.39, 0.29) is 18.4 Å². The number of para-hydroxylation sites is 2. The Hall–Kier alpha value is -3.52. The van der Waals surface area contributed by atoms with Gasteiger partial charge in [-0.3, -0.25) is 9.59 Å². The van der Waals surface area contributed by atoms with E-state index in [2.05, 4.69) is 24.1 Å². The highest BCUT2D eigenvalue weighted by atomic mass is 16.5. The minimum absolute atomic E-state index is 0.147. The SMILES string of the molecule is COc1cccc(CN2C(=O)c3cc4ccccc4n3C[C@@]2(C)C(=O)NCCCN2C[C@H](C)C[C@H](C)C2)c1OC. The van der Waals surface area contributed by atoms with Gasteiger partial charge in [-0.05, 0) is 56.3 Å². The van der Waals surface area contributed by atoms with E-state index in [1.54, 1.807) is 19.1 Å². The molecule has 0 bridgehead atoms. The smallest absolute Gasteiger partial charge is 0.271 e. The fraction of sp³-hybridized carbons (Fsp3) is 0.500. The molecule has 0 saturated carbocycles. The van der Waals surface area contributed by atoms with E-state index in [1.807, 2.05) is 60.0 Å². The van der Waals surface area contributed by atoms with Crippen LogP contribution in [0.25, 0.3) is 10.9 Å². The summed E-state index contributed by atoms with van der Waals surface area (Å²) in [6.07, 6.45) is 2.15. The molecule has 1 fully saturated rings. The highest BCUT2D eigenvalue weighted by Crippen LogP contribution is 2.37. The van der Waals surface area contributed by atoms with Gasteiger partial charge in [-0.2, -0.15) is 0 Å². The van der Waals surface area contributed by atoms with E-state index in [1.165, 1.54) is 6.42 Å². The normalized spacial score (nSPS) is 23.2. The Kier molecular flexibility index (Phi) is 8.08. The van der Waals surface area contributed by atoms with Gasteiger partial charge in [0.15, 0.2) is 11.5 Å². The second-order valence-corrected chi connectivity index (χ2v) is 11.8. The van der Waals surface area contributed by atoms with Gasteiger partial charge in [0.05, 0.1) is 27.3 Å². The molecular formula is C32H42N4O4. The van der Waals surface area contributed by atoms with Gasteiger partial charge in [0.25, 0.3) is 5.91 Å². The van der Waals surface area contributed by atoms with Crippen LogP contribution in [0, 0.1) is 11.8 Å². The first-order valence-electron chi connectivity index (χ1n) is 14.4. The van der Waals surface area contributed by atoms with Crippen LogP contribution >= 0.6 is 0 Å². The molecule has 2 amide bonds. The van der Waals surface area contributed by atoms with E-state index in [0.29, 0.717) is 42.1 Å². The Bertz CT molecular complexity index is 1370. The van der Waals surface area contributed by atoms with Gasteiger partial charge < -0.3 is 29.2 Å². The molecule has 214 valence electrons. The van der Waals surface area contributed by atoms with Crippen LogP contribution in [0.5, 0.6) is 11.5 Å². The van der Waals surface area contributed by atoms with Gasteiger partial charge >= 0.3 is 0 Å². The lowest BCUT2D eigenvalue weighted by Crippen LogP contribution is -2.63. The predicted octanol–water partition coefficient (Wildman–Crippen LogP) is 4.56. The monoisotopic (exact) mass is 546 g/mol. The number of rotatable bonds is 9. The summed E-state index contributed by atoms with van der Waals surface area (Å²) in [5.74, 6) is 2.24. The molecular weight excluding hydrogens is 504 g/mol. The number of carbonyl (C=O) groups is 2. The molecule has 3 aromatic rings. The molecule has 1 N–H and O–H groups in total.